The highest BCUT2D eigenvalue weighted by atomic mass is 35.5. The van der Waals surface area contributed by atoms with Gasteiger partial charge in [-0.3, -0.25) is 0 Å². The summed E-state index contributed by atoms with van der Waals surface area (Å²) in [6.45, 7) is 4.40. The first kappa shape index (κ1) is 13.3. The van der Waals surface area contributed by atoms with E-state index >= 15 is 0 Å². The first-order valence-corrected chi connectivity index (χ1v) is 6.10. The minimum Gasteiger partial charge on any atom is -0.392 e. The van der Waals surface area contributed by atoms with E-state index in [1.165, 1.54) is 0 Å². The molecule has 1 unspecified atom stereocenters. The van der Waals surface area contributed by atoms with Gasteiger partial charge in [0.25, 0.3) is 0 Å². The lowest BCUT2D eigenvalue weighted by molar-refractivity contribution is 0.282. The Balaban J connectivity index is 2.93. The summed E-state index contributed by atoms with van der Waals surface area (Å²) in [5.41, 5.74) is 1.95. The highest BCUT2D eigenvalue weighted by Gasteiger charge is 2.12. The number of aliphatic hydroxyl groups is 1. The van der Waals surface area contributed by atoms with Crippen molar-refractivity contribution in [1.82, 2.24) is 0 Å². The molecule has 1 N–H and O–H groups in total. The quantitative estimate of drug-likeness (QED) is 0.854. The Hall–Kier alpha value is -0.730. The molecule has 1 atom stereocenters. The van der Waals surface area contributed by atoms with Crippen LogP contribution in [0.15, 0.2) is 18.2 Å². The van der Waals surface area contributed by atoms with E-state index in [1.54, 1.807) is 0 Å². The molecule has 0 aliphatic heterocycles. The average molecular weight is 242 g/mol. The molecule has 3 heteroatoms. The van der Waals surface area contributed by atoms with E-state index in [4.69, 9.17) is 11.6 Å². The maximum atomic E-state index is 9.32. The topological polar surface area (TPSA) is 23.5 Å². The van der Waals surface area contributed by atoms with E-state index in [1.807, 2.05) is 18.2 Å². The molecular weight excluding hydrogens is 222 g/mol. The molecule has 0 bridgehead atoms. The van der Waals surface area contributed by atoms with Crippen molar-refractivity contribution in [2.75, 3.05) is 11.9 Å². The summed E-state index contributed by atoms with van der Waals surface area (Å²) >= 11 is 5.91. The van der Waals surface area contributed by atoms with Crippen molar-refractivity contribution in [2.24, 2.45) is 0 Å². The van der Waals surface area contributed by atoms with E-state index in [9.17, 15) is 5.11 Å². The number of hydrogen-bond donors (Lipinski definition) is 1. The Morgan fingerprint density at radius 2 is 2.12 bits per heavy atom. The molecule has 2 nitrogen and oxygen atoms in total. The van der Waals surface area contributed by atoms with Crippen LogP contribution in [0.4, 0.5) is 5.69 Å². The molecular formula is C13H20ClNO. The van der Waals surface area contributed by atoms with Crippen LogP contribution in [0.1, 0.15) is 32.3 Å². The maximum Gasteiger partial charge on any atom is 0.0702 e. The van der Waals surface area contributed by atoms with Crippen LogP contribution in [0.25, 0.3) is 0 Å². The predicted molar refractivity (Wildman–Crippen MR) is 70.1 cm³/mol. The standard InChI is InChI=1S/C13H20ClNO/c1-4-5-10(2)15(3)13-7-6-12(14)8-11(13)9-16/h6-8,10,16H,4-5,9H2,1-3H3. The second-order valence-electron chi connectivity index (χ2n) is 4.18. The number of halogens is 1. The Bertz CT molecular complexity index is 341. The van der Waals surface area contributed by atoms with Crippen molar-refractivity contribution in [2.45, 2.75) is 39.3 Å². The van der Waals surface area contributed by atoms with E-state index in [0.717, 1.165) is 24.1 Å². The SMILES string of the molecule is CCCC(C)N(C)c1ccc(Cl)cc1CO. The van der Waals surface area contributed by atoms with E-state index < -0.39 is 0 Å². The second-order valence-corrected chi connectivity index (χ2v) is 4.62. The van der Waals surface area contributed by atoms with Crippen molar-refractivity contribution in [3.05, 3.63) is 28.8 Å². The van der Waals surface area contributed by atoms with Gasteiger partial charge >= 0.3 is 0 Å². The van der Waals surface area contributed by atoms with Gasteiger partial charge in [0.05, 0.1) is 6.61 Å². The van der Waals surface area contributed by atoms with Gasteiger partial charge in [-0.25, -0.2) is 0 Å². The largest absolute Gasteiger partial charge is 0.392 e. The van der Waals surface area contributed by atoms with Gasteiger partial charge in [-0.2, -0.15) is 0 Å². The normalized spacial score (nSPS) is 12.6. The van der Waals surface area contributed by atoms with Crippen LogP contribution in [-0.2, 0) is 6.61 Å². The number of nitrogens with zero attached hydrogens (tertiary/aromatic N) is 1. The highest BCUT2D eigenvalue weighted by molar-refractivity contribution is 6.30. The highest BCUT2D eigenvalue weighted by Crippen LogP contribution is 2.25. The lowest BCUT2D eigenvalue weighted by Gasteiger charge is -2.28. The van der Waals surface area contributed by atoms with Crippen LogP contribution in [0.2, 0.25) is 5.02 Å². The second kappa shape index (κ2) is 6.12. The average Bonchev–Trinajstić information content (AvgIpc) is 2.28. The molecule has 1 rings (SSSR count). The van der Waals surface area contributed by atoms with Crippen molar-refractivity contribution in [3.8, 4) is 0 Å². The molecule has 0 amide bonds. The summed E-state index contributed by atoms with van der Waals surface area (Å²) in [7, 11) is 2.06. The minimum absolute atomic E-state index is 0.0269. The van der Waals surface area contributed by atoms with Crippen LogP contribution in [0.3, 0.4) is 0 Å². The summed E-state index contributed by atoms with van der Waals surface area (Å²) in [6, 6.07) is 6.13. The first-order chi connectivity index (χ1) is 7.60. The van der Waals surface area contributed by atoms with Crippen molar-refractivity contribution in [1.29, 1.82) is 0 Å². The van der Waals surface area contributed by atoms with E-state index in [-0.39, 0.29) is 6.61 Å². The van der Waals surface area contributed by atoms with Gasteiger partial charge in [0.15, 0.2) is 0 Å². The fourth-order valence-corrected chi connectivity index (χ4v) is 2.07. The van der Waals surface area contributed by atoms with Gasteiger partial charge in [-0.1, -0.05) is 24.9 Å². The molecule has 0 aromatic heterocycles. The molecule has 0 saturated heterocycles. The van der Waals surface area contributed by atoms with Gasteiger partial charge in [0.2, 0.25) is 0 Å². The molecule has 0 radical (unpaired) electrons. The third-order valence-electron chi connectivity index (χ3n) is 2.96. The fraction of sp³-hybridized carbons (Fsp3) is 0.538. The molecule has 0 aliphatic carbocycles. The summed E-state index contributed by atoms with van der Waals surface area (Å²) < 4.78 is 0. The summed E-state index contributed by atoms with van der Waals surface area (Å²) in [6.07, 6.45) is 2.30. The van der Waals surface area contributed by atoms with Gasteiger partial charge < -0.3 is 10.0 Å². The molecule has 1 aromatic carbocycles. The van der Waals surface area contributed by atoms with Crippen LogP contribution < -0.4 is 4.90 Å². The third kappa shape index (κ3) is 3.13. The lowest BCUT2D eigenvalue weighted by atomic mass is 10.1. The van der Waals surface area contributed by atoms with Crippen LogP contribution >= 0.6 is 11.6 Å². The zero-order valence-corrected chi connectivity index (χ0v) is 11.0. The summed E-state index contributed by atoms with van der Waals surface area (Å²) in [5, 5.41) is 9.99. The van der Waals surface area contributed by atoms with Crippen LogP contribution in [0, 0.1) is 0 Å². The first-order valence-electron chi connectivity index (χ1n) is 5.72. The monoisotopic (exact) mass is 241 g/mol. The molecule has 1 aromatic rings. The third-order valence-corrected chi connectivity index (χ3v) is 3.19. The molecule has 0 spiro atoms. The molecule has 90 valence electrons. The smallest absolute Gasteiger partial charge is 0.0702 e. The van der Waals surface area contributed by atoms with Crippen molar-refractivity contribution < 1.29 is 5.11 Å². The van der Waals surface area contributed by atoms with Crippen molar-refractivity contribution >= 4 is 17.3 Å². The van der Waals surface area contributed by atoms with Gasteiger partial charge in [-0.05, 0) is 31.5 Å². The Labute approximate surface area is 103 Å². The van der Waals surface area contributed by atoms with Crippen LogP contribution in [0.5, 0.6) is 0 Å². The Morgan fingerprint density at radius 1 is 1.44 bits per heavy atom. The van der Waals surface area contributed by atoms with Gasteiger partial charge in [-0.15, -0.1) is 0 Å². The number of benzene rings is 1. The molecule has 0 aliphatic rings. The predicted octanol–water partition coefficient (Wildman–Crippen LogP) is 3.46. The Kier molecular flexibility index (Phi) is 5.10. The van der Waals surface area contributed by atoms with Gasteiger partial charge in [0.1, 0.15) is 0 Å². The fourth-order valence-electron chi connectivity index (χ4n) is 1.87. The summed E-state index contributed by atoms with van der Waals surface area (Å²) in [5.74, 6) is 0. The molecule has 0 heterocycles. The zero-order valence-electron chi connectivity index (χ0n) is 10.2. The number of hydrogen-bond acceptors (Lipinski definition) is 2. The molecule has 0 fully saturated rings. The zero-order chi connectivity index (χ0) is 12.1. The van der Waals surface area contributed by atoms with Gasteiger partial charge in [0, 0.05) is 29.4 Å². The van der Waals surface area contributed by atoms with E-state index in [0.29, 0.717) is 11.1 Å². The minimum atomic E-state index is 0.0269. The van der Waals surface area contributed by atoms with E-state index in [2.05, 4.69) is 25.8 Å². The number of rotatable bonds is 5. The van der Waals surface area contributed by atoms with Crippen molar-refractivity contribution in [3.63, 3.8) is 0 Å². The number of aliphatic hydroxyl groups excluding tert-OH is 1. The maximum absolute atomic E-state index is 9.32. The lowest BCUT2D eigenvalue weighted by Crippen LogP contribution is -2.29. The molecule has 0 saturated carbocycles. The molecule has 16 heavy (non-hydrogen) atoms. The summed E-state index contributed by atoms with van der Waals surface area (Å²) in [4.78, 5) is 2.20. The number of anilines is 1. The Morgan fingerprint density at radius 3 is 2.69 bits per heavy atom. The van der Waals surface area contributed by atoms with Crippen LogP contribution in [-0.4, -0.2) is 18.2 Å².